The molecule has 3 heterocycles. The number of nitrogens with zero attached hydrogens (tertiary/aromatic N) is 4. The molecule has 4 aromatic rings. The average molecular weight is 396 g/mol. The summed E-state index contributed by atoms with van der Waals surface area (Å²) in [5, 5.41) is 5.35. The summed E-state index contributed by atoms with van der Waals surface area (Å²) < 4.78 is 1.89. The minimum absolute atomic E-state index is 0.0393. The molecule has 0 spiro atoms. The third-order valence-electron chi connectivity index (χ3n) is 5.77. The number of hydrogen-bond acceptors (Lipinski definition) is 3. The van der Waals surface area contributed by atoms with E-state index in [9.17, 15) is 4.79 Å². The van der Waals surface area contributed by atoms with Crippen LogP contribution in [0.5, 0.6) is 0 Å². The number of amides is 1. The molecule has 0 aliphatic carbocycles. The largest absolute Gasteiger partial charge is 0.334 e. The lowest BCUT2D eigenvalue weighted by atomic mass is 9.98. The molecule has 0 N–H and O–H groups in total. The first-order valence-electron chi connectivity index (χ1n) is 10.4. The number of pyridine rings is 1. The van der Waals surface area contributed by atoms with Gasteiger partial charge < -0.3 is 4.90 Å². The number of carbonyl (C=O) groups excluding carboxylic acids is 1. The van der Waals surface area contributed by atoms with E-state index in [2.05, 4.69) is 37.1 Å². The second-order valence-electron chi connectivity index (χ2n) is 8.09. The van der Waals surface area contributed by atoms with Gasteiger partial charge in [-0.15, -0.1) is 0 Å². The zero-order valence-corrected chi connectivity index (χ0v) is 17.2. The van der Waals surface area contributed by atoms with E-state index in [1.807, 2.05) is 52.0 Å². The van der Waals surface area contributed by atoms with Gasteiger partial charge in [-0.3, -0.25) is 4.79 Å². The smallest absolute Gasteiger partial charge is 0.255 e. The molecular weight excluding hydrogens is 372 g/mol. The van der Waals surface area contributed by atoms with Crippen LogP contribution < -0.4 is 0 Å². The summed E-state index contributed by atoms with van der Waals surface area (Å²) in [7, 11) is 0. The maximum absolute atomic E-state index is 13.6. The lowest BCUT2D eigenvalue weighted by Crippen LogP contribution is -2.36. The highest BCUT2D eigenvalue weighted by atomic mass is 16.2. The van der Waals surface area contributed by atoms with Gasteiger partial charge in [-0.1, -0.05) is 54.6 Å². The molecule has 2 aromatic carbocycles. The van der Waals surface area contributed by atoms with Gasteiger partial charge in [0, 0.05) is 24.7 Å². The fraction of sp³-hybridized carbons (Fsp3) is 0.240. The highest BCUT2D eigenvalue weighted by Gasteiger charge is 2.25. The van der Waals surface area contributed by atoms with Crippen molar-refractivity contribution in [2.75, 3.05) is 6.54 Å². The fourth-order valence-electron chi connectivity index (χ4n) is 4.17. The third-order valence-corrected chi connectivity index (χ3v) is 5.77. The van der Waals surface area contributed by atoms with Gasteiger partial charge in [0.15, 0.2) is 5.65 Å². The Morgan fingerprint density at radius 2 is 1.73 bits per heavy atom. The van der Waals surface area contributed by atoms with E-state index in [1.165, 1.54) is 11.1 Å². The Balaban J connectivity index is 1.62. The summed E-state index contributed by atoms with van der Waals surface area (Å²) in [5.41, 5.74) is 5.78. The van der Waals surface area contributed by atoms with E-state index in [-0.39, 0.29) is 11.9 Å². The molecule has 5 nitrogen and oxygen atoms in total. The van der Waals surface area contributed by atoms with Crippen molar-refractivity contribution in [3.05, 3.63) is 83.6 Å². The van der Waals surface area contributed by atoms with Gasteiger partial charge in [-0.2, -0.15) is 5.10 Å². The van der Waals surface area contributed by atoms with Crippen LogP contribution in [0.1, 0.15) is 41.4 Å². The average Bonchev–Trinajstić information content (AvgIpc) is 3.22. The molecule has 0 unspecified atom stereocenters. The normalized spacial score (nSPS) is 13.6. The molecule has 0 saturated heterocycles. The van der Waals surface area contributed by atoms with Crippen molar-refractivity contribution < 1.29 is 4.79 Å². The molecule has 5 heteroatoms. The molecular formula is C25H24N4O. The fourth-order valence-corrected chi connectivity index (χ4v) is 4.17. The molecule has 1 aliphatic heterocycles. The molecule has 2 aromatic heterocycles. The Morgan fingerprint density at radius 3 is 2.50 bits per heavy atom. The number of fused-ring (bicyclic) bond motifs is 2. The van der Waals surface area contributed by atoms with Gasteiger partial charge in [0.2, 0.25) is 0 Å². The van der Waals surface area contributed by atoms with E-state index in [0.717, 1.165) is 35.3 Å². The van der Waals surface area contributed by atoms with Crippen LogP contribution in [0.15, 0.2) is 66.9 Å². The van der Waals surface area contributed by atoms with Crippen LogP contribution in [-0.2, 0) is 13.0 Å². The first-order valence-corrected chi connectivity index (χ1v) is 10.4. The Morgan fingerprint density at radius 1 is 1.00 bits per heavy atom. The highest BCUT2D eigenvalue weighted by molar-refractivity contribution is 6.06. The zero-order chi connectivity index (χ0) is 20.7. The van der Waals surface area contributed by atoms with E-state index < -0.39 is 0 Å². The SMILES string of the molecule is CC(C)n1ncc2c(C(=O)N3CCc4ccccc4C3)cc(-c3ccccc3)nc21. The van der Waals surface area contributed by atoms with Crippen LogP contribution in [0.4, 0.5) is 0 Å². The summed E-state index contributed by atoms with van der Waals surface area (Å²) in [6, 6.07) is 20.5. The molecule has 150 valence electrons. The van der Waals surface area contributed by atoms with Crippen LogP contribution >= 0.6 is 0 Å². The van der Waals surface area contributed by atoms with Gasteiger partial charge in [0.1, 0.15) is 0 Å². The van der Waals surface area contributed by atoms with Crippen LogP contribution in [0, 0.1) is 0 Å². The Kier molecular flexibility index (Phi) is 4.58. The monoisotopic (exact) mass is 396 g/mol. The standard InChI is InChI=1S/C25H24N4O/c1-17(2)29-24-22(15-26-29)21(14-23(27-24)19-9-4-3-5-10-19)25(30)28-13-12-18-8-6-7-11-20(18)16-28/h3-11,14-15,17H,12-13,16H2,1-2H3. The van der Waals surface area contributed by atoms with Crippen LogP contribution in [0.3, 0.4) is 0 Å². The van der Waals surface area contributed by atoms with Crippen LogP contribution in [0.2, 0.25) is 0 Å². The van der Waals surface area contributed by atoms with Gasteiger partial charge in [0.25, 0.3) is 5.91 Å². The minimum Gasteiger partial charge on any atom is -0.334 e. The number of rotatable bonds is 3. The van der Waals surface area contributed by atoms with Crippen molar-refractivity contribution in [3.63, 3.8) is 0 Å². The topological polar surface area (TPSA) is 51.0 Å². The number of aromatic nitrogens is 3. The number of hydrogen-bond donors (Lipinski definition) is 0. The molecule has 0 atom stereocenters. The molecule has 0 fully saturated rings. The summed E-state index contributed by atoms with van der Waals surface area (Å²) in [5.74, 6) is 0.0393. The van der Waals surface area contributed by atoms with Crippen molar-refractivity contribution in [2.24, 2.45) is 0 Å². The number of benzene rings is 2. The van der Waals surface area contributed by atoms with Crippen molar-refractivity contribution in [2.45, 2.75) is 32.9 Å². The maximum atomic E-state index is 13.6. The maximum Gasteiger partial charge on any atom is 0.255 e. The summed E-state index contributed by atoms with van der Waals surface area (Å²) >= 11 is 0. The Bertz CT molecular complexity index is 1230. The van der Waals surface area contributed by atoms with Gasteiger partial charge >= 0.3 is 0 Å². The van der Waals surface area contributed by atoms with E-state index in [0.29, 0.717) is 12.1 Å². The first-order chi connectivity index (χ1) is 14.6. The van der Waals surface area contributed by atoms with Gasteiger partial charge in [-0.05, 0) is 37.5 Å². The Labute approximate surface area is 176 Å². The van der Waals surface area contributed by atoms with E-state index >= 15 is 0 Å². The molecule has 0 saturated carbocycles. The molecule has 1 aliphatic rings. The predicted molar refractivity (Wildman–Crippen MR) is 118 cm³/mol. The summed E-state index contributed by atoms with van der Waals surface area (Å²) in [6.45, 7) is 5.51. The van der Waals surface area contributed by atoms with Crippen LogP contribution in [-0.4, -0.2) is 32.1 Å². The summed E-state index contributed by atoms with van der Waals surface area (Å²) in [4.78, 5) is 20.5. The quantitative estimate of drug-likeness (QED) is 0.496. The van der Waals surface area contributed by atoms with Crippen molar-refractivity contribution >= 4 is 16.9 Å². The molecule has 0 radical (unpaired) electrons. The summed E-state index contributed by atoms with van der Waals surface area (Å²) in [6.07, 6.45) is 2.66. The Hall–Kier alpha value is -3.47. The molecule has 30 heavy (non-hydrogen) atoms. The molecule has 0 bridgehead atoms. The van der Waals surface area contributed by atoms with Crippen molar-refractivity contribution in [1.29, 1.82) is 0 Å². The molecule has 5 rings (SSSR count). The van der Waals surface area contributed by atoms with Crippen LogP contribution in [0.25, 0.3) is 22.3 Å². The van der Waals surface area contributed by atoms with Gasteiger partial charge in [-0.25, -0.2) is 9.67 Å². The lowest BCUT2D eigenvalue weighted by Gasteiger charge is -2.29. The van der Waals surface area contributed by atoms with E-state index in [4.69, 9.17) is 4.98 Å². The minimum atomic E-state index is 0.0393. The van der Waals surface area contributed by atoms with Gasteiger partial charge in [0.05, 0.1) is 22.8 Å². The highest BCUT2D eigenvalue weighted by Crippen LogP contribution is 2.28. The second-order valence-corrected chi connectivity index (χ2v) is 8.09. The third kappa shape index (κ3) is 3.16. The first kappa shape index (κ1) is 18.6. The van der Waals surface area contributed by atoms with Crippen molar-refractivity contribution in [1.82, 2.24) is 19.7 Å². The van der Waals surface area contributed by atoms with E-state index in [1.54, 1.807) is 6.20 Å². The predicted octanol–water partition coefficient (Wildman–Crippen LogP) is 4.88. The number of carbonyl (C=O) groups is 1. The lowest BCUT2D eigenvalue weighted by molar-refractivity contribution is 0.0736. The zero-order valence-electron chi connectivity index (χ0n) is 17.2. The van der Waals surface area contributed by atoms with Crippen molar-refractivity contribution in [3.8, 4) is 11.3 Å². The molecule has 1 amide bonds. The second kappa shape index (κ2) is 7.41.